The van der Waals surface area contributed by atoms with E-state index >= 15 is 0 Å². The summed E-state index contributed by atoms with van der Waals surface area (Å²) in [4.78, 5) is 2.59. The van der Waals surface area contributed by atoms with E-state index < -0.39 is 0 Å². The van der Waals surface area contributed by atoms with Gasteiger partial charge in [0.25, 0.3) is 0 Å². The van der Waals surface area contributed by atoms with Crippen LogP contribution in [0.2, 0.25) is 0 Å². The van der Waals surface area contributed by atoms with Gasteiger partial charge in [0.05, 0.1) is 6.54 Å². The number of nitrogens with zero attached hydrogens (tertiary/aromatic N) is 3. The van der Waals surface area contributed by atoms with Crippen molar-refractivity contribution in [3.63, 3.8) is 0 Å². The highest BCUT2D eigenvalue weighted by molar-refractivity contribution is 4.90. The second-order valence-corrected chi connectivity index (χ2v) is 4.97. The average molecular weight is 220 g/mol. The standard InChI is InChI=1S/C12H20N4/c1-4-14-16(6-1)9-5-13-12-3-8-15-7-2-11(12)10-15/h1,4,6,11-13H,2-3,5,7-10H2. The predicted molar refractivity (Wildman–Crippen MR) is 63.2 cm³/mol. The topological polar surface area (TPSA) is 33.1 Å². The van der Waals surface area contributed by atoms with E-state index in [1.165, 1.54) is 32.5 Å². The highest BCUT2D eigenvalue weighted by atomic mass is 15.3. The number of aromatic nitrogens is 2. The fourth-order valence-electron chi connectivity index (χ4n) is 3.02. The molecular formula is C12H20N4. The van der Waals surface area contributed by atoms with Crippen LogP contribution in [-0.2, 0) is 6.54 Å². The van der Waals surface area contributed by atoms with Crippen molar-refractivity contribution in [1.29, 1.82) is 0 Å². The van der Waals surface area contributed by atoms with Crippen molar-refractivity contribution in [3.8, 4) is 0 Å². The van der Waals surface area contributed by atoms with Crippen LogP contribution in [0.3, 0.4) is 0 Å². The maximum absolute atomic E-state index is 4.21. The van der Waals surface area contributed by atoms with Crippen LogP contribution >= 0.6 is 0 Å². The SMILES string of the molecule is c1cnn(CCNC2CCN3CCC2C3)c1. The summed E-state index contributed by atoms with van der Waals surface area (Å²) >= 11 is 0. The largest absolute Gasteiger partial charge is 0.312 e. The molecule has 2 bridgehead atoms. The van der Waals surface area contributed by atoms with Gasteiger partial charge in [0.1, 0.15) is 0 Å². The van der Waals surface area contributed by atoms with E-state index in [0.29, 0.717) is 0 Å². The Bertz CT molecular complexity index is 322. The summed E-state index contributed by atoms with van der Waals surface area (Å²) in [5, 5.41) is 7.91. The summed E-state index contributed by atoms with van der Waals surface area (Å²) in [5.41, 5.74) is 0. The number of fused-ring (bicyclic) bond motifs is 2. The van der Waals surface area contributed by atoms with Gasteiger partial charge in [0, 0.05) is 31.5 Å². The van der Waals surface area contributed by atoms with Gasteiger partial charge in [0.15, 0.2) is 0 Å². The number of hydrogen-bond acceptors (Lipinski definition) is 3. The molecule has 3 heterocycles. The van der Waals surface area contributed by atoms with Crippen molar-refractivity contribution in [3.05, 3.63) is 18.5 Å². The smallest absolute Gasteiger partial charge is 0.0534 e. The minimum absolute atomic E-state index is 0.745. The van der Waals surface area contributed by atoms with Gasteiger partial charge in [0.2, 0.25) is 0 Å². The molecule has 0 aromatic carbocycles. The van der Waals surface area contributed by atoms with Crippen LogP contribution in [0.5, 0.6) is 0 Å². The molecule has 16 heavy (non-hydrogen) atoms. The van der Waals surface area contributed by atoms with Crippen molar-refractivity contribution in [1.82, 2.24) is 20.0 Å². The number of piperidine rings is 1. The lowest BCUT2D eigenvalue weighted by atomic mass is 9.94. The van der Waals surface area contributed by atoms with Crippen molar-refractivity contribution in [2.45, 2.75) is 25.4 Å². The monoisotopic (exact) mass is 220 g/mol. The Labute approximate surface area is 96.6 Å². The molecule has 0 aliphatic carbocycles. The first kappa shape index (κ1) is 10.3. The van der Waals surface area contributed by atoms with Gasteiger partial charge in [-0.2, -0.15) is 5.10 Å². The van der Waals surface area contributed by atoms with Crippen LogP contribution in [0.25, 0.3) is 0 Å². The summed E-state index contributed by atoms with van der Waals surface area (Å²) in [6, 6.07) is 2.73. The number of hydrogen-bond donors (Lipinski definition) is 1. The van der Waals surface area contributed by atoms with Crippen molar-refractivity contribution in [2.75, 3.05) is 26.2 Å². The maximum atomic E-state index is 4.21. The number of rotatable bonds is 4. The van der Waals surface area contributed by atoms with E-state index in [2.05, 4.69) is 15.3 Å². The molecule has 0 spiro atoms. The molecule has 2 aliphatic heterocycles. The van der Waals surface area contributed by atoms with Crippen LogP contribution in [0.4, 0.5) is 0 Å². The first-order valence-corrected chi connectivity index (χ1v) is 6.35. The van der Waals surface area contributed by atoms with E-state index in [4.69, 9.17) is 0 Å². The van der Waals surface area contributed by atoms with Gasteiger partial charge < -0.3 is 10.2 Å². The fourth-order valence-corrected chi connectivity index (χ4v) is 3.02. The molecule has 4 nitrogen and oxygen atoms in total. The minimum Gasteiger partial charge on any atom is -0.312 e. The Morgan fingerprint density at radius 1 is 1.31 bits per heavy atom. The van der Waals surface area contributed by atoms with Crippen LogP contribution in [0, 0.1) is 5.92 Å². The predicted octanol–water partition coefficient (Wildman–Crippen LogP) is 0.567. The second-order valence-electron chi connectivity index (χ2n) is 4.97. The zero-order valence-electron chi connectivity index (χ0n) is 9.68. The fraction of sp³-hybridized carbons (Fsp3) is 0.750. The molecule has 88 valence electrons. The molecular weight excluding hydrogens is 200 g/mol. The van der Waals surface area contributed by atoms with Gasteiger partial charge in [-0.25, -0.2) is 0 Å². The molecule has 3 atom stereocenters. The Morgan fingerprint density at radius 2 is 2.25 bits per heavy atom. The molecule has 2 fully saturated rings. The van der Waals surface area contributed by atoms with Crippen LogP contribution in [0.15, 0.2) is 18.5 Å². The molecule has 0 amide bonds. The second kappa shape index (κ2) is 4.55. The maximum Gasteiger partial charge on any atom is 0.0534 e. The van der Waals surface area contributed by atoms with E-state index in [1.54, 1.807) is 0 Å². The lowest BCUT2D eigenvalue weighted by Crippen LogP contribution is -2.44. The lowest BCUT2D eigenvalue weighted by molar-refractivity contribution is 0.220. The molecule has 0 radical (unpaired) electrons. The van der Waals surface area contributed by atoms with Gasteiger partial charge in [-0.3, -0.25) is 4.68 Å². The van der Waals surface area contributed by atoms with Gasteiger partial charge in [-0.15, -0.1) is 0 Å². The van der Waals surface area contributed by atoms with Crippen LogP contribution < -0.4 is 5.32 Å². The third-order valence-electron chi connectivity index (χ3n) is 3.94. The first-order chi connectivity index (χ1) is 7.92. The quantitative estimate of drug-likeness (QED) is 0.805. The summed E-state index contributed by atoms with van der Waals surface area (Å²) in [6.07, 6.45) is 6.58. The summed E-state index contributed by atoms with van der Waals surface area (Å²) in [7, 11) is 0. The van der Waals surface area contributed by atoms with E-state index in [-0.39, 0.29) is 0 Å². The Balaban J connectivity index is 1.45. The van der Waals surface area contributed by atoms with Crippen LogP contribution in [-0.4, -0.2) is 46.9 Å². The number of nitrogens with one attached hydrogen (secondary N) is 1. The highest BCUT2D eigenvalue weighted by Gasteiger charge is 2.33. The molecule has 3 unspecified atom stereocenters. The van der Waals surface area contributed by atoms with Crippen LogP contribution in [0.1, 0.15) is 12.8 Å². The highest BCUT2D eigenvalue weighted by Crippen LogP contribution is 2.26. The third kappa shape index (κ3) is 2.13. The Hall–Kier alpha value is -0.870. The molecule has 1 N–H and O–H groups in total. The Kier molecular flexibility index (Phi) is 2.93. The van der Waals surface area contributed by atoms with Crippen molar-refractivity contribution in [2.24, 2.45) is 5.92 Å². The normalized spacial score (nSPS) is 33.1. The zero-order valence-corrected chi connectivity index (χ0v) is 9.68. The lowest BCUT2D eigenvalue weighted by Gasteiger charge is -2.31. The first-order valence-electron chi connectivity index (χ1n) is 6.35. The third-order valence-corrected chi connectivity index (χ3v) is 3.94. The van der Waals surface area contributed by atoms with Crippen molar-refractivity contribution < 1.29 is 0 Å². The molecule has 0 saturated carbocycles. The van der Waals surface area contributed by atoms with E-state index in [1.807, 2.05) is 23.1 Å². The van der Waals surface area contributed by atoms with Crippen molar-refractivity contribution >= 4 is 0 Å². The van der Waals surface area contributed by atoms with Gasteiger partial charge >= 0.3 is 0 Å². The molecule has 1 aromatic rings. The average Bonchev–Trinajstić information content (AvgIpc) is 2.92. The molecule has 4 heteroatoms. The minimum atomic E-state index is 0.745. The van der Waals surface area contributed by atoms with Gasteiger partial charge in [-0.1, -0.05) is 0 Å². The van der Waals surface area contributed by atoms with E-state index in [9.17, 15) is 0 Å². The molecule has 1 aromatic heterocycles. The Morgan fingerprint density at radius 3 is 3.12 bits per heavy atom. The summed E-state index contributed by atoms with van der Waals surface area (Å²) in [5.74, 6) is 0.895. The molecule has 3 rings (SSSR count). The summed E-state index contributed by atoms with van der Waals surface area (Å²) in [6.45, 7) is 5.96. The van der Waals surface area contributed by atoms with E-state index in [0.717, 1.165) is 25.0 Å². The summed E-state index contributed by atoms with van der Waals surface area (Å²) < 4.78 is 2.00. The zero-order chi connectivity index (χ0) is 10.8. The molecule has 2 saturated heterocycles. The van der Waals surface area contributed by atoms with Gasteiger partial charge in [-0.05, 0) is 37.9 Å². The molecule has 2 aliphatic rings.